The van der Waals surface area contributed by atoms with Crippen LogP contribution in [0.3, 0.4) is 0 Å². The fraction of sp³-hybridized carbons (Fsp3) is 0.500. The van der Waals surface area contributed by atoms with E-state index in [-0.39, 0.29) is 94.6 Å². The third kappa shape index (κ3) is 23.2. The van der Waals surface area contributed by atoms with Crippen LogP contribution in [0, 0.1) is 0 Å². The number of thiol groups is 1. The Bertz CT molecular complexity index is 52.5. The van der Waals surface area contributed by atoms with Gasteiger partial charge in [-0.3, -0.25) is 4.79 Å². The normalized spacial score (nSPS) is 4.75. The first-order chi connectivity index (χ1) is 2.27. The summed E-state index contributed by atoms with van der Waals surface area (Å²) in [5, 5.41) is 7.22. The van der Waals surface area contributed by atoms with Crippen LogP contribution in [-0.2, 0) is 4.79 Å². The molecule has 0 rings (SSSR count). The molecule has 3 nitrogen and oxygen atoms in total. The van der Waals surface area contributed by atoms with Crippen molar-refractivity contribution >= 4 is 107 Å². The Hall–Kier alpha value is 2.84. The molecule has 0 fully saturated rings. The number of carbonyl (C=O) groups is 1. The predicted molar refractivity (Wildman–Crippen MR) is 40.4 cm³/mol. The van der Waals surface area contributed by atoms with Crippen LogP contribution in [0.15, 0.2) is 0 Å². The van der Waals surface area contributed by atoms with Gasteiger partial charge in [-0.2, -0.15) is 0 Å². The average Bonchev–Trinajstić information content (AvgIpc) is 1.38. The summed E-state index contributed by atoms with van der Waals surface area (Å²) in [5.41, 5.74) is 0. The van der Waals surface area contributed by atoms with Crippen LogP contribution in [0.4, 0.5) is 0 Å². The molecule has 0 heterocycles. The molecular weight excluding hydrogens is 183 g/mol. The summed E-state index contributed by atoms with van der Waals surface area (Å²) < 4.78 is 0. The molecule has 0 unspecified atom stereocenters. The zero-order valence-corrected chi connectivity index (χ0v) is 3.90. The van der Waals surface area contributed by atoms with Gasteiger partial charge in [-0.15, -0.1) is 12.6 Å². The zero-order valence-electron chi connectivity index (χ0n) is 3.01. The van der Waals surface area contributed by atoms with Crippen molar-refractivity contribution in [3.8, 4) is 0 Å². The van der Waals surface area contributed by atoms with Gasteiger partial charge in [-0.1, -0.05) is 0 Å². The molecule has 0 saturated carbocycles. The molecule has 44 valence electrons. The van der Waals surface area contributed by atoms with Crippen molar-refractivity contribution in [3.63, 3.8) is 0 Å². The summed E-state index contributed by atoms with van der Waals surface area (Å²) >= 11 is 3.21. The Morgan fingerprint density at radius 2 is 1.75 bits per heavy atom. The van der Waals surface area contributed by atoms with Crippen LogP contribution < -0.4 is 0 Å². The number of hydrogen-bond donors (Lipinski definition) is 2. The van der Waals surface area contributed by atoms with Gasteiger partial charge in [0.2, 0.25) is 5.12 Å². The van der Waals surface area contributed by atoms with Gasteiger partial charge < -0.3 is 10.6 Å². The molecule has 0 aliphatic rings. The summed E-state index contributed by atoms with van der Waals surface area (Å²) in [5.74, 6) is 0. The van der Waals surface area contributed by atoms with Gasteiger partial charge in [0.25, 0.3) is 0 Å². The standard InChI is InChI=1S/C2H4O2S.Ca.K.H2O.3H/c3-1-2(4)5;;;;;;/h3H,1H2,(H,4,5);;;1H2;;;. The molecule has 0 saturated heterocycles. The van der Waals surface area contributed by atoms with E-state index in [1.807, 2.05) is 0 Å². The van der Waals surface area contributed by atoms with E-state index in [0.29, 0.717) is 0 Å². The number of carbonyl (C=O) groups excluding carboxylic acids is 1. The number of aliphatic hydroxyl groups is 1. The summed E-state index contributed by atoms with van der Waals surface area (Å²) in [7, 11) is 0. The van der Waals surface area contributed by atoms with Gasteiger partial charge in [0.1, 0.15) is 6.61 Å². The van der Waals surface area contributed by atoms with E-state index >= 15 is 0 Å². The molecule has 3 N–H and O–H groups in total. The van der Waals surface area contributed by atoms with Crippen LogP contribution in [0.1, 0.15) is 0 Å². The number of rotatable bonds is 1. The minimum atomic E-state index is -0.495. The molecule has 0 aliphatic carbocycles. The van der Waals surface area contributed by atoms with Crippen LogP contribution in [-0.4, -0.2) is 111 Å². The summed E-state index contributed by atoms with van der Waals surface area (Å²) in [6.07, 6.45) is 0. The second-order valence-electron chi connectivity index (χ2n) is 0.552. The third-order valence-electron chi connectivity index (χ3n) is 0.135. The molecule has 0 aromatic heterocycles. The zero-order chi connectivity index (χ0) is 4.28. The van der Waals surface area contributed by atoms with Gasteiger partial charge in [0.15, 0.2) is 0 Å². The average molecular weight is 192 g/mol. The molecule has 0 aliphatic heterocycles. The van der Waals surface area contributed by atoms with E-state index in [2.05, 4.69) is 12.6 Å². The quantitative estimate of drug-likeness (QED) is 0.344. The predicted octanol–water partition coefficient (Wildman–Crippen LogP) is -2.95. The van der Waals surface area contributed by atoms with Crippen LogP contribution in [0.25, 0.3) is 0 Å². The van der Waals surface area contributed by atoms with Crippen molar-refractivity contribution in [2.24, 2.45) is 0 Å². The van der Waals surface area contributed by atoms with Gasteiger partial charge >= 0.3 is 89.1 Å². The maximum atomic E-state index is 9.43. The second kappa shape index (κ2) is 16.4. The summed E-state index contributed by atoms with van der Waals surface area (Å²) in [4.78, 5) is 9.43. The molecular formula is C2H9CaKO3S. The summed E-state index contributed by atoms with van der Waals surface area (Å²) in [6, 6.07) is 0. The van der Waals surface area contributed by atoms with Gasteiger partial charge in [-0.05, 0) is 0 Å². The van der Waals surface area contributed by atoms with Crippen molar-refractivity contribution in [1.82, 2.24) is 0 Å². The fourth-order valence-electron chi connectivity index (χ4n) is 0. The van der Waals surface area contributed by atoms with Crippen molar-refractivity contribution in [3.05, 3.63) is 0 Å². The Balaban J connectivity index is -0.0000000267. The molecule has 0 amide bonds. The third-order valence-corrected chi connectivity index (χ3v) is 0.277. The van der Waals surface area contributed by atoms with E-state index in [1.165, 1.54) is 0 Å². The van der Waals surface area contributed by atoms with Crippen molar-refractivity contribution < 1.29 is 15.4 Å². The van der Waals surface area contributed by atoms with Crippen LogP contribution in [0.5, 0.6) is 0 Å². The summed E-state index contributed by atoms with van der Waals surface area (Å²) in [6.45, 7) is -0.469. The van der Waals surface area contributed by atoms with Crippen LogP contribution >= 0.6 is 12.6 Å². The Labute approximate surface area is 126 Å². The van der Waals surface area contributed by atoms with E-state index in [4.69, 9.17) is 5.11 Å². The number of aliphatic hydroxyl groups excluding tert-OH is 1. The minimum absolute atomic E-state index is 0. The molecule has 8 heavy (non-hydrogen) atoms. The van der Waals surface area contributed by atoms with E-state index in [1.54, 1.807) is 0 Å². The maximum absolute atomic E-state index is 9.43. The second-order valence-corrected chi connectivity index (χ2v) is 1.05. The molecule has 0 spiro atoms. The molecule has 0 aromatic carbocycles. The molecule has 6 heteroatoms. The molecule has 0 bridgehead atoms. The van der Waals surface area contributed by atoms with Crippen molar-refractivity contribution in [2.75, 3.05) is 6.61 Å². The van der Waals surface area contributed by atoms with Crippen LogP contribution in [0.2, 0.25) is 0 Å². The molecule has 0 atom stereocenters. The molecule has 0 aromatic rings. The van der Waals surface area contributed by atoms with Gasteiger partial charge in [0, 0.05) is 0 Å². The van der Waals surface area contributed by atoms with Crippen molar-refractivity contribution in [2.45, 2.75) is 0 Å². The Morgan fingerprint density at radius 3 is 1.75 bits per heavy atom. The van der Waals surface area contributed by atoms with Gasteiger partial charge in [0.05, 0.1) is 0 Å². The topological polar surface area (TPSA) is 68.8 Å². The van der Waals surface area contributed by atoms with E-state index < -0.39 is 11.7 Å². The van der Waals surface area contributed by atoms with E-state index in [0.717, 1.165) is 0 Å². The molecule has 0 radical (unpaired) electrons. The first-order valence-electron chi connectivity index (χ1n) is 1.10. The first kappa shape index (κ1) is 22.4. The fourth-order valence-corrected chi connectivity index (χ4v) is 0. The van der Waals surface area contributed by atoms with E-state index in [9.17, 15) is 4.79 Å². The van der Waals surface area contributed by atoms with Crippen molar-refractivity contribution in [1.29, 1.82) is 0 Å². The SMILES string of the molecule is O.O=C(S)CO.[CaH2].[KH]. The Kier molecular flexibility index (Phi) is 46.1. The number of hydrogen-bond acceptors (Lipinski definition) is 2. The monoisotopic (exact) mass is 192 g/mol. The Morgan fingerprint density at radius 1 is 1.62 bits per heavy atom. The van der Waals surface area contributed by atoms with Gasteiger partial charge in [-0.25, -0.2) is 0 Å². The first-order valence-corrected chi connectivity index (χ1v) is 1.54.